The van der Waals surface area contributed by atoms with Crippen LogP contribution in [0.15, 0.2) is 36.2 Å². The quantitative estimate of drug-likeness (QED) is 0.418. The van der Waals surface area contributed by atoms with Crippen LogP contribution in [0.25, 0.3) is 6.08 Å². The van der Waals surface area contributed by atoms with Crippen LogP contribution in [0.3, 0.4) is 0 Å². The van der Waals surface area contributed by atoms with Gasteiger partial charge in [-0.3, -0.25) is 0 Å². The third-order valence-corrected chi connectivity index (χ3v) is 2.11. The lowest BCUT2D eigenvalue weighted by atomic mass is 10.4. The second-order valence-electron chi connectivity index (χ2n) is 2.27. The molecule has 1 aromatic heterocycles. The molecule has 0 aliphatic rings. The Morgan fingerprint density at radius 1 is 1.69 bits per heavy atom. The van der Waals surface area contributed by atoms with Crippen molar-refractivity contribution in [3.8, 4) is 0 Å². The van der Waals surface area contributed by atoms with E-state index in [-0.39, 0.29) is 12.6 Å². The SMILES string of the molecule is C=CCOC(=O)/C=C/c1cccs1. The van der Waals surface area contributed by atoms with Gasteiger partial charge in [-0.25, -0.2) is 4.79 Å². The maximum absolute atomic E-state index is 10.9. The zero-order chi connectivity index (χ0) is 9.52. The Balaban J connectivity index is 2.39. The molecule has 0 atom stereocenters. The van der Waals surface area contributed by atoms with Crippen molar-refractivity contribution in [2.24, 2.45) is 0 Å². The molecule has 13 heavy (non-hydrogen) atoms. The van der Waals surface area contributed by atoms with Crippen LogP contribution in [0.4, 0.5) is 0 Å². The van der Waals surface area contributed by atoms with E-state index in [1.165, 1.54) is 12.2 Å². The molecule has 2 nitrogen and oxygen atoms in total. The molecule has 0 aliphatic heterocycles. The third-order valence-electron chi connectivity index (χ3n) is 1.27. The molecule has 1 rings (SSSR count). The number of thiophene rings is 1. The van der Waals surface area contributed by atoms with Crippen molar-refractivity contribution in [1.29, 1.82) is 0 Å². The molecule has 0 bridgehead atoms. The van der Waals surface area contributed by atoms with Gasteiger partial charge in [-0.1, -0.05) is 18.7 Å². The highest BCUT2D eigenvalue weighted by molar-refractivity contribution is 7.10. The Labute approximate surface area is 81.2 Å². The van der Waals surface area contributed by atoms with E-state index in [9.17, 15) is 4.79 Å². The van der Waals surface area contributed by atoms with Crippen molar-refractivity contribution >= 4 is 23.4 Å². The summed E-state index contributed by atoms with van der Waals surface area (Å²) in [5.74, 6) is -0.340. The van der Waals surface area contributed by atoms with E-state index in [1.807, 2.05) is 17.5 Å². The van der Waals surface area contributed by atoms with E-state index >= 15 is 0 Å². The highest BCUT2D eigenvalue weighted by atomic mass is 32.1. The minimum atomic E-state index is -0.340. The van der Waals surface area contributed by atoms with E-state index < -0.39 is 0 Å². The van der Waals surface area contributed by atoms with Crippen molar-refractivity contribution in [2.45, 2.75) is 0 Å². The Morgan fingerprint density at radius 2 is 2.54 bits per heavy atom. The molecule has 1 aromatic rings. The fraction of sp³-hybridized carbons (Fsp3) is 0.100. The summed E-state index contributed by atoms with van der Waals surface area (Å²) in [6.07, 6.45) is 4.68. The molecule has 0 radical (unpaired) electrons. The van der Waals surface area contributed by atoms with Crippen molar-refractivity contribution in [3.05, 3.63) is 41.1 Å². The van der Waals surface area contributed by atoms with Crippen LogP contribution in [-0.2, 0) is 9.53 Å². The van der Waals surface area contributed by atoms with Gasteiger partial charge < -0.3 is 4.74 Å². The minimum Gasteiger partial charge on any atom is -0.458 e. The Bertz CT molecular complexity index is 299. The molecule has 0 saturated carbocycles. The molecule has 0 saturated heterocycles. The highest BCUT2D eigenvalue weighted by Crippen LogP contribution is 2.09. The molecular formula is C10H10O2S. The first-order chi connectivity index (χ1) is 6.33. The standard InChI is InChI=1S/C10H10O2S/c1-2-7-12-10(11)6-5-9-4-3-8-13-9/h2-6,8H,1,7H2/b6-5+. The van der Waals surface area contributed by atoms with Crippen LogP contribution in [0, 0.1) is 0 Å². The molecule has 68 valence electrons. The Hall–Kier alpha value is -1.35. The van der Waals surface area contributed by atoms with Gasteiger partial charge in [-0.05, 0) is 17.5 Å². The molecule has 0 fully saturated rings. The molecule has 0 aromatic carbocycles. The van der Waals surface area contributed by atoms with Gasteiger partial charge in [0.2, 0.25) is 0 Å². The fourth-order valence-corrected chi connectivity index (χ4v) is 1.34. The lowest BCUT2D eigenvalue weighted by Gasteiger charge is -1.94. The maximum atomic E-state index is 10.9. The first kappa shape index (κ1) is 9.74. The first-order valence-corrected chi connectivity index (χ1v) is 4.70. The molecule has 0 aliphatic carbocycles. The van der Waals surface area contributed by atoms with Gasteiger partial charge in [0.1, 0.15) is 6.61 Å². The van der Waals surface area contributed by atoms with E-state index in [2.05, 4.69) is 6.58 Å². The van der Waals surface area contributed by atoms with Crippen LogP contribution in [0.2, 0.25) is 0 Å². The number of carbonyl (C=O) groups is 1. The average molecular weight is 194 g/mol. The number of rotatable bonds is 4. The molecule has 0 N–H and O–H groups in total. The van der Waals surface area contributed by atoms with Crippen LogP contribution < -0.4 is 0 Å². The molecule has 3 heteroatoms. The topological polar surface area (TPSA) is 26.3 Å². The van der Waals surface area contributed by atoms with Gasteiger partial charge in [0, 0.05) is 11.0 Å². The van der Waals surface area contributed by atoms with Gasteiger partial charge in [-0.2, -0.15) is 0 Å². The normalized spacial score (nSPS) is 10.2. The zero-order valence-corrected chi connectivity index (χ0v) is 7.92. The molecule has 1 heterocycles. The molecular weight excluding hydrogens is 184 g/mol. The first-order valence-electron chi connectivity index (χ1n) is 3.82. The number of hydrogen-bond acceptors (Lipinski definition) is 3. The third kappa shape index (κ3) is 3.71. The summed E-state index contributed by atoms with van der Waals surface area (Å²) in [5, 5.41) is 1.95. The summed E-state index contributed by atoms with van der Waals surface area (Å²) < 4.78 is 4.75. The number of carbonyl (C=O) groups excluding carboxylic acids is 1. The van der Waals surface area contributed by atoms with E-state index in [1.54, 1.807) is 17.4 Å². The van der Waals surface area contributed by atoms with Crippen molar-refractivity contribution in [3.63, 3.8) is 0 Å². The van der Waals surface area contributed by atoms with Gasteiger partial charge >= 0.3 is 5.97 Å². The summed E-state index contributed by atoms with van der Waals surface area (Å²) in [6, 6.07) is 3.86. The highest BCUT2D eigenvalue weighted by Gasteiger charge is 1.93. The van der Waals surface area contributed by atoms with Crippen LogP contribution in [0.5, 0.6) is 0 Å². The monoisotopic (exact) mass is 194 g/mol. The van der Waals surface area contributed by atoms with Crippen molar-refractivity contribution in [2.75, 3.05) is 6.61 Å². The second kappa shape index (κ2) is 5.32. The largest absolute Gasteiger partial charge is 0.458 e. The summed E-state index contributed by atoms with van der Waals surface area (Å²) >= 11 is 1.57. The predicted molar refractivity (Wildman–Crippen MR) is 54.5 cm³/mol. The van der Waals surface area contributed by atoms with Crippen LogP contribution >= 0.6 is 11.3 Å². The number of hydrogen-bond donors (Lipinski definition) is 0. The Morgan fingerprint density at radius 3 is 3.15 bits per heavy atom. The molecule has 0 spiro atoms. The van der Waals surface area contributed by atoms with Crippen molar-refractivity contribution < 1.29 is 9.53 Å². The summed E-state index contributed by atoms with van der Waals surface area (Å²) in [7, 11) is 0. The van der Waals surface area contributed by atoms with Crippen LogP contribution in [0.1, 0.15) is 4.88 Å². The predicted octanol–water partition coefficient (Wildman–Crippen LogP) is 2.49. The van der Waals surface area contributed by atoms with Crippen molar-refractivity contribution in [1.82, 2.24) is 0 Å². The second-order valence-corrected chi connectivity index (χ2v) is 3.25. The zero-order valence-electron chi connectivity index (χ0n) is 7.10. The molecule has 0 unspecified atom stereocenters. The average Bonchev–Trinajstić information content (AvgIpc) is 2.64. The lowest BCUT2D eigenvalue weighted by Crippen LogP contribution is -1.99. The smallest absolute Gasteiger partial charge is 0.331 e. The van der Waals surface area contributed by atoms with E-state index in [0.29, 0.717) is 0 Å². The van der Waals surface area contributed by atoms with E-state index in [0.717, 1.165) is 4.88 Å². The Kier molecular flexibility index (Phi) is 3.99. The number of ether oxygens (including phenoxy) is 1. The lowest BCUT2D eigenvalue weighted by molar-refractivity contribution is -0.136. The van der Waals surface area contributed by atoms with Crippen LogP contribution in [-0.4, -0.2) is 12.6 Å². The maximum Gasteiger partial charge on any atom is 0.331 e. The van der Waals surface area contributed by atoms with Gasteiger partial charge in [0.05, 0.1) is 0 Å². The van der Waals surface area contributed by atoms with Gasteiger partial charge in [0.15, 0.2) is 0 Å². The number of esters is 1. The fourth-order valence-electron chi connectivity index (χ4n) is 0.725. The van der Waals surface area contributed by atoms with E-state index in [4.69, 9.17) is 4.74 Å². The summed E-state index contributed by atoms with van der Waals surface area (Å²) in [6.45, 7) is 3.70. The summed E-state index contributed by atoms with van der Waals surface area (Å²) in [4.78, 5) is 12.0. The minimum absolute atomic E-state index is 0.258. The summed E-state index contributed by atoms with van der Waals surface area (Å²) in [5.41, 5.74) is 0. The van der Waals surface area contributed by atoms with Gasteiger partial charge in [0.25, 0.3) is 0 Å². The molecule has 0 amide bonds. The van der Waals surface area contributed by atoms with Gasteiger partial charge in [-0.15, -0.1) is 11.3 Å².